The molecule has 1 heterocycles. The number of carbonyl (C=O) groups is 4. The number of nitrogens with zero attached hydrogens (tertiary/aromatic N) is 2. The van der Waals surface area contributed by atoms with Crippen LogP contribution in [0.2, 0.25) is 10.0 Å². The van der Waals surface area contributed by atoms with Gasteiger partial charge in [-0.25, -0.2) is 15.1 Å². The summed E-state index contributed by atoms with van der Waals surface area (Å²) >= 11 is 11.7. The molecule has 0 saturated carbocycles. The topological polar surface area (TPSA) is 108 Å². The van der Waals surface area contributed by atoms with E-state index in [1.54, 1.807) is 24.3 Å². The number of nitrogens with one attached hydrogen (secondary N) is 2. The second-order valence-corrected chi connectivity index (χ2v) is 6.97. The van der Waals surface area contributed by atoms with E-state index in [-0.39, 0.29) is 10.6 Å². The van der Waals surface area contributed by atoms with Crippen LogP contribution in [0.4, 0.5) is 10.5 Å². The number of imide groups is 2. The summed E-state index contributed by atoms with van der Waals surface area (Å²) in [4.78, 5) is 49.8. The van der Waals surface area contributed by atoms with Crippen LogP contribution in [0.5, 0.6) is 0 Å². The van der Waals surface area contributed by atoms with Crippen molar-refractivity contribution >= 4 is 58.9 Å². The van der Waals surface area contributed by atoms with Gasteiger partial charge >= 0.3 is 6.03 Å². The van der Waals surface area contributed by atoms with Crippen LogP contribution in [0, 0.1) is 12.8 Å². The molecule has 10 heteroatoms. The highest BCUT2D eigenvalue weighted by Crippen LogP contribution is 2.22. The van der Waals surface area contributed by atoms with Crippen molar-refractivity contribution in [2.75, 3.05) is 4.90 Å². The molecule has 0 aromatic heterocycles. The Bertz CT molecular complexity index is 1040. The molecule has 3 rings (SSSR count). The predicted octanol–water partition coefficient (Wildman–Crippen LogP) is 2.92. The minimum atomic E-state index is -1.39. The van der Waals surface area contributed by atoms with Gasteiger partial charge in [0.2, 0.25) is 5.91 Å². The van der Waals surface area contributed by atoms with E-state index < -0.39 is 29.7 Å². The van der Waals surface area contributed by atoms with Gasteiger partial charge in [0, 0.05) is 11.2 Å². The molecule has 0 bridgehead atoms. The molecule has 1 saturated heterocycles. The second kappa shape index (κ2) is 8.42. The molecule has 1 atom stereocenters. The lowest BCUT2D eigenvalue weighted by Crippen LogP contribution is -2.58. The molecule has 148 valence electrons. The number of barbiturate groups is 1. The van der Waals surface area contributed by atoms with E-state index in [0.717, 1.165) is 16.7 Å². The quantitative estimate of drug-likeness (QED) is 0.439. The number of amides is 5. The minimum absolute atomic E-state index is 0.115. The van der Waals surface area contributed by atoms with Crippen molar-refractivity contribution < 1.29 is 19.2 Å². The van der Waals surface area contributed by atoms with E-state index in [4.69, 9.17) is 23.2 Å². The zero-order valence-corrected chi connectivity index (χ0v) is 16.5. The van der Waals surface area contributed by atoms with E-state index >= 15 is 0 Å². The molecule has 8 nitrogen and oxygen atoms in total. The first-order valence-electron chi connectivity index (χ1n) is 8.32. The fourth-order valence-corrected chi connectivity index (χ4v) is 3.06. The summed E-state index contributed by atoms with van der Waals surface area (Å²) in [6, 6.07) is 10.1. The third-order valence-electron chi connectivity index (χ3n) is 4.06. The molecule has 2 N–H and O–H groups in total. The summed E-state index contributed by atoms with van der Waals surface area (Å²) in [5.74, 6) is -3.68. The molecule has 5 amide bonds. The maximum absolute atomic E-state index is 12.7. The molecule has 0 aliphatic carbocycles. The van der Waals surface area contributed by atoms with Crippen molar-refractivity contribution in [2.45, 2.75) is 6.92 Å². The first kappa shape index (κ1) is 20.5. The lowest BCUT2D eigenvalue weighted by molar-refractivity contribution is -0.131. The molecule has 2 aromatic rings. The number of rotatable bonds is 4. The number of carbonyl (C=O) groups excluding carboxylic acids is 4. The van der Waals surface area contributed by atoms with Crippen LogP contribution in [-0.2, 0) is 9.59 Å². The third kappa shape index (κ3) is 4.44. The molecule has 0 unspecified atom stereocenters. The number of halogens is 2. The highest BCUT2D eigenvalue weighted by molar-refractivity contribution is 6.36. The molecule has 1 aliphatic heterocycles. The Morgan fingerprint density at radius 3 is 2.48 bits per heavy atom. The Labute approximate surface area is 175 Å². The first-order chi connectivity index (χ1) is 13.8. The van der Waals surface area contributed by atoms with Crippen LogP contribution in [0.25, 0.3) is 0 Å². The summed E-state index contributed by atoms with van der Waals surface area (Å²) in [6.07, 6.45) is 0.951. The normalized spacial score (nSPS) is 16.9. The average molecular weight is 433 g/mol. The largest absolute Gasteiger partial charge is 0.335 e. The fraction of sp³-hybridized carbons (Fsp3) is 0.105. The number of benzene rings is 2. The highest BCUT2D eigenvalue weighted by Gasteiger charge is 2.40. The van der Waals surface area contributed by atoms with Crippen LogP contribution < -0.4 is 15.6 Å². The van der Waals surface area contributed by atoms with Gasteiger partial charge in [-0.15, -0.1) is 0 Å². The Hall–Kier alpha value is -3.23. The van der Waals surface area contributed by atoms with Crippen LogP contribution in [-0.4, -0.2) is 30.0 Å². The Morgan fingerprint density at radius 2 is 1.83 bits per heavy atom. The van der Waals surface area contributed by atoms with Crippen molar-refractivity contribution in [3.8, 4) is 0 Å². The molecule has 1 fully saturated rings. The van der Waals surface area contributed by atoms with Gasteiger partial charge in [0.25, 0.3) is 11.8 Å². The van der Waals surface area contributed by atoms with Gasteiger partial charge < -0.3 is 0 Å². The Morgan fingerprint density at radius 1 is 1.14 bits per heavy atom. The van der Waals surface area contributed by atoms with E-state index in [1.807, 2.05) is 6.92 Å². The molecule has 0 radical (unpaired) electrons. The summed E-state index contributed by atoms with van der Waals surface area (Å²) in [7, 11) is 0. The molecule has 0 spiro atoms. The van der Waals surface area contributed by atoms with Gasteiger partial charge in [-0.05, 0) is 37.3 Å². The monoisotopic (exact) mass is 432 g/mol. The Balaban J connectivity index is 1.75. The number of aryl methyl sites for hydroxylation is 1. The van der Waals surface area contributed by atoms with Gasteiger partial charge in [-0.1, -0.05) is 40.9 Å². The van der Waals surface area contributed by atoms with Gasteiger partial charge in [0.15, 0.2) is 5.92 Å². The number of hydrazone groups is 1. The third-order valence-corrected chi connectivity index (χ3v) is 4.61. The molecule has 2 aromatic carbocycles. The molecule has 1 aliphatic rings. The van der Waals surface area contributed by atoms with Crippen molar-refractivity contribution in [3.05, 3.63) is 63.6 Å². The van der Waals surface area contributed by atoms with Crippen molar-refractivity contribution in [2.24, 2.45) is 11.0 Å². The van der Waals surface area contributed by atoms with Crippen molar-refractivity contribution in [1.82, 2.24) is 10.7 Å². The zero-order chi connectivity index (χ0) is 21.1. The smallest absolute Gasteiger partial charge is 0.276 e. The number of urea groups is 1. The van der Waals surface area contributed by atoms with Crippen LogP contribution >= 0.6 is 23.2 Å². The maximum Gasteiger partial charge on any atom is 0.335 e. The molecular weight excluding hydrogens is 419 g/mol. The number of hydrogen-bond acceptors (Lipinski definition) is 5. The lowest BCUT2D eigenvalue weighted by atomic mass is 10.1. The summed E-state index contributed by atoms with van der Waals surface area (Å²) in [5.41, 5.74) is 3.55. The molecular formula is C19H14Cl2N4O4. The van der Waals surface area contributed by atoms with Crippen LogP contribution in [0.3, 0.4) is 0 Å². The summed E-state index contributed by atoms with van der Waals surface area (Å²) < 4.78 is 0. The van der Waals surface area contributed by atoms with E-state index in [1.165, 1.54) is 18.2 Å². The maximum atomic E-state index is 12.7. The predicted molar refractivity (Wildman–Crippen MR) is 108 cm³/mol. The highest BCUT2D eigenvalue weighted by atomic mass is 35.5. The van der Waals surface area contributed by atoms with E-state index in [0.29, 0.717) is 10.7 Å². The summed E-state index contributed by atoms with van der Waals surface area (Å²) in [6.45, 7) is 1.86. The van der Waals surface area contributed by atoms with Crippen molar-refractivity contribution in [3.63, 3.8) is 0 Å². The average Bonchev–Trinajstić information content (AvgIpc) is 2.65. The van der Waals surface area contributed by atoms with Gasteiger partial charge in [-0.2, -0.15) is 5.10 Å². The van der Waals surface area contributed by atoms with E-state index in [2.05, 4.69) is 15.8 Å². The molecule has 29 heavy (non-hydrogen) atoms. The van der Waals surface area contributed by atoms with E-state index in [9.17, 15) is 19.2 Å². The number of anilines is 1. The fourth-order valence-electron chi connectivity index (χ4n) is 2.56. The minimum Gasteiger partial charge on any atom is -0.276 e. The standard InChI is InChI=1S/C19H14Cl2N4O4/c1-10-2-5-12(6-3-10)25-18(28)14(16(26)23-19(25)29)9-22-24-17(27)13-7-4-11(20)8-15(13)21/h2-9,14H,1H3,(H,24,27)(H,23,26,29)/b22-9-/t14-/m1/s1. The summed E-state index contributed by atoms with van der Waals surface area (Å²) in [5, 5.41) is 6.24. The number of hydrogen-bond donors (Lipinski definition) is 2. The Kier molecular flexibility index (Phi) is 5.95. The SMILES string of the molecule is Cc1ccc(N2C(=O)NC(=O)[C@@H](/C=N\NC(=O)c3ccc(Cl)cc3Cl)C2=O)cc1. The first-order valence-corrected chi connectivity index (χ1v) is 9.07. The van der Waals surface area contributed by atoms with Crippen molar-refractivity contribution in [1.29, 1.82) is 0 Å². The van der Waals surface area contributed by atoms with Crippen LogP contribution in [0.1, 0.15) is 15.9 Å². The van der Waals surface area contributed by atoms with Gasteiger partial charge in [-0.3, -0.25) is 19.7 Å². The lowest BCUT2D eigenvalue weighted by Gasteiger charge is -2.28. The second-order valence-electron chi connectivity index (χ2n) is 6.12. The van der Waals surface area contributed by atoms with Crippen LogP contribution in [0.15, 0.2) is 47.6 Å². The zero-order valence-electron chi connectivity index (χ0n) is 15.0. The van der Waals surface area contributed by atoms with Gasteiger partial charge in [0.1, 0.15) is 0 Å². The van der Waals surface area contributed by atoms with Gasteiger partial charge in [0.05, 0.1) is 16.3 Å².